The maximum Gasteiger partial charge on any atom is 0.292 e. The summed E-state index contributed by atoms with van der Waals surface area (Å²) in [5, 5.41) is 0. The summed E-state index contributed by atoms with van der Waals surface area (Å²) in [6.07, 6.45) is 6.29. The number of ether oxygens (including phenoxy) is 2. The molecule has 1 aromatic rings. The van der Waals surface area contributed by atoms with Crippen LogP contribution in [0.15, 0.2) is 23.1 Å². The molecule has 23 heavy (non-hydrogen) atoms. The summed E-state index contributed by atoms with van der Waals surface area (Å²) in [4.78, 5) is 14.2. The molecule has 0 N–H and O–H groups in total. The van der Waals surface area contributed by atoms with Crippen LogP contribution in [0, 0.1) is 12.3 Å². The van der Waals surface area contributed by atoms with E-state index in [1.54, 1.807) is 0 Å². The predicted molar refractivity (Wildman–Crippen MR) is 83.5 cm³/mol. The van der Waals surface area contributed by atoms with E-state index < -0.39 is 20.7 Å². The van der Waals surface area contributed by atoms with Crippen LogP contribution >= 0.6 is 10.7 Å². The summed E-state index contributed by atoms with van der Waals surface area (Å²) in [7, 11) is 1.48. The molecule has 1 saturated heterocycles. The van der Waals surface area contributed by atoms with Crippen molar-refractivity contribution < 1.29 is 22.7 Å². The molecule has 0 saturated carbocycles. The SMILES string of the molecule is C#CCCN1C(=O)C2(OCCCO2)c2cc(S(=O)(=O)Cl)ccc21. The van der Waals surface area contributed by atoms with E-state index in [1.165, 1.54) is 23.1 Å². The number of anilines is 1. The van der Waals surface area contributed by atoms with E-state index in [0.717, 1.165) is 0 Å². The zero-order valence-corrected chi connectivity index (χ0v) is 13.7. The van der Waals surface area contributed by atoms with Gasteiger partial charge in [0.15, 0.2) is 0 Å². The minimum atomic E-state index is -3.93. The standard InChI is InChI=1S/C15H14ClNO5S/c1-2-3-7-17-13-6-5-11(23(16,19)20)10-12(13)15(14(17)18)21-8-4-9-22-15/h1,5-6,10H,3-4,7-9H2. The smallest absolute Gasteiger partial charge is 0.292 e. The van der Waals surface area contributed by atoms with Crippen molar-refractivity contribution in [2.45, 2.75) is 23.5 Å². The van der Waals surface area contributed by atoms with Gasteiger partial charge < -0.3 is 14.4 Å². The third-order valence-electron chi connectivity index (χ3n) is 3.80. The van der Waals surface area contributed by atoms with Crippen molar-refractivity contribution in [3.05, 3.63) is 23.8 Å². The molecule has 0 atom stereocenters. The van der Waals surface area contributed by atoms with Crippen LogP contribution in [0.4, 0.5) is 5.69 Å². The highest BCUT2D eigenvalue weighted by Gasteiger charge is 2.55. The van der Waals surface area contributed by atoms with Crippen LogP contribution in [-0.2, 0) is 29.1 Å². The minimum absolute atomic E-state index is 0.110. The van der Waals surface area contributed by atoms with Crippen LogP contribution in [0.3, 0.4) is 0 Å². The highest BCUT2D eigenvalue weighted by molar-refractivity contribution is 8.13. The van der Waals surface area contributed by atoms with E-state index in [1.807, 2.05) is 0 Å². The molecule has 8 heteroatoms. The van der Waals surface area contributed by atoms with Gasteiger partial charge in [0.1, 0.15) is 0 Å². The van der Waals surface area contributed by atoms with Gasteiger partial charge in [-0.2, -0.15) is 0 Å². The maximum atomic E-state index is 12.8. The topological polar surface area (TPSA) is 72.9 Å². The molecule has 122 valence electrons. The van der Waals surface area contributed by atoms with Crippen LogP contribution in [0.2, 0.25) is 0 Å². The van der Waals surface area contributed by atoms with Crippen LogP contribution in [0.1, 0.15) is 18.4 Å². The zero-order chi connectivity index (χ0) is 16.7. The zero-order valence-electron chi connectivity index (χ0n) is 12.1. The summed E-state index contributed by atoms with van der Waals surface area (Å²) < 4.78 is 34.5. The molecule has 1 fully saturated rings. The number of benzene rings is 1. The lowest BCUT2D eigenvalue weighted by Crippen LogP contribution is -2.47. The van der Waals surface area contributed by atoms with Gasteiger partial charge in [0.25, 0.3) is 20.7 Å². The lowest BCUT2D eigenvalue weighted by Gasteiger charge is -2.32. The first kappa shape index (κ1) is 16.3. The normalized spacial score (nSPS) is 19.7. The molecule has 2 aliphatic heterocycles. The number of fused-ring (bicyclic) bond motifs is 2. The fourth-order valence-electron chi connectivity index (χ4n) is 2.78. The van der Waals surface area contributed by atoms with Crippen molar-refractivity contribution in [2.24, 2.45) is 0 Å². The molecule has 1 aromatic carbocycles. The quantitative estimate of drug-likeness (QED) is 0.608. The van der Waals surface area contributed by atoms with Gasteiger partial charge in [-0.1, -0.05) is 0 Å². The van der Waals surface area contributed by atoms with Crippen molar-refractivity contribution in [1.29, 1.82) is 0 Å². The first-order valence-electron chi connectivity index (χ1n) is 7.03. The molecular formula is C15H14ClNO5S. The minimum Gasteiger partial charge on any atom is -0.338 e. The lowest BCUT2D eigenvalue weighted by atomic mass is 10.1. The van der Waals surface area contributed by atoms with Crippen LogP contribution in [0.5, 0.6) is 0 Å². The van der Waals surface area contributed by atoms with E-state index >= 15 is 0 Å². The molecule has 1 spiro atoms. The number of amides is 1. The summed E-state index contributed by atoms with van der Waals surface area (Å²) in [6, 6.07) is 4.20. The summed E-state index contributed by atoms with van der Waals surface area (Å²) in [6.45, 7) is 0.974. The van der Waals surface area contributed by atoms with Crippen LogP contribution in [-0.4, -0.2) is 34.1 Å². The van der Waals surface area contributed by atoms with Gasteiger partial charge in [-0.05, 0) is 24.6 Å². The second kappa shape index (κ2) is 5.80. The van der Waals surface area contributed by atoms with Gasteiger partial charge in [0, 0.05) is 29.2 Å². The first-order valence-corrected chi connectivity index (χ1v) is 9.33. The fourth-order valence-corrected chi connectivity index (χ4v) is 3.55. The first-order chi connectivity index (χ1) is 10.9. The Hall–Kier alpha value is -1.59. The van der Waals surface area contributed by atoms with E-state index in [0.29, 0.717) is 43.9 Å². The number of rotatable bonds is 3. The van der Waals surface area contributed by atoms with Gasteiger partial charge in [-0.3, -0.25) is 4.79 Å². The predicted octanol–water partition coefficient (Wildman–Crippen LogP) is 1.57. The lowest BCUT2D eigenvalue weighted by molar-refractivity contribution is -0.256. The largest absolute Gasteiger partial charge is 0.338 e. The van der Waals surface area contributed by atoms with E-state index in [9.17, 15) is 13.2 Å². The van der Waals surface area contributed by atoms with Crippen molar-refractivity contribution >= 4 is 31.3 Å². The number of halogens is 1. The van der Waals surface area contributed by atoms with Gasteiger partial charge in [-0.25, -0.2) is 8.42 Å². The fraction of sp³-hybridized carbons (Fsp3) is 0.400. The number of carbonyl (C=O) groups is 1. The molecule has 1 amide bonds. The van der Waals surface area contributed by atoms with Crippen molar-refractivity contribution in [1.82, 2.24) is 0 Å². The third-order valence-corrected chi connectivity index (χ3v) is 5.15. The Bertz CT molecular complexity index is 793. The summed E-state index contributed by atoms with van der Waals surface area (Å²) in [5.41, 5.74) is 0.872. The van der Waals surface area contributed by atoms with Crippen LogP contribution < -0.4 is 4.90 Å². The molecule has 3 rings (SSSR count). The molecule has 0 unspecified atom stereocenters. The number of hydrogen-bond donors (Lipinski definition) is 0. The molecule has 6 nitrogen and oxygen atoms in total. The molecule has 2 heterocycles. The molecule has 2 aliphatic rings. The van der Waals surface area contributed by atoms with Crippen molar-refractivity contribution in [3.8, 4) is 12.3 Å². The van der Waals surface area contributed by atoms with Crippen molar-refractivity contribution in [3.63, 3.8) is 0 Å². The monoisotopic (exact) mass is 355 g/mol. The highest BCUT2D eigenvalue weighted by Crippen LogP contribution is 2.46. The Morgan fingerprint density at radius 2 is 2.04 bits per heavy atom. The third kappa shape index (κ3) is 2.62. The number of terminal acetylenes is 1. The number of carbonyl (C=O) groups excluding carboxylic acids is 1. The van der Waals surface area contributed by atoms with Crippen LogP contribution in [0.25, 0.3) is 0 Å². The number of hydrogen-bond acceptors (Lipinski definition) is 5. The Morgan fingerprint density at radius 1 is 1.35 bits per heavy atom. The van der Waals surface area contributed by atoms with E-state index in [4.69, 9.17) is 26.6 Å². The van der Waals surface area contributed by atoms with E-state index in [-0.39, 0.29) is 4.90 Å². The average Bonchev–Trinajstić information content (AvgIpc) is 2.74. The molecule has 0 aliphatic carbocycles. The summed E-state index contributed by atoms with van der Waals surface area (Å²) >= 11 is 0. The second-order valence-electron chi connectivity index (χ2n) is 5.19. The van der Waals surface area contributed by atoms with Gasteiger partial charge in [0.05, 0.1) is 23.8 Å². The molecule has 0 aromatic heterocycles. The molecular weight excluding hydrogens is 342 g/mol. The van der Waals surface area contributed by atoms with Crippen molar-refractivity contribution in [2.75, 3.05) is 24.7 Å². The molecule has 0 radical (unpaired) electrons. The number of nitrogens with zero attached hydrogens (tertiary/aromatic N) is 1. The van der Waals surface area contributed by atoms with E-state index in [2.05, 4.69) is 5.92 Å². The second-order valence-corrected chi connectivity index (χ2v) is 7.76. The Labute approximate surface area is 138 Å². The Morgan fingerprint density at radius 3 is 2.65 bits per heavy atom. The summed E-state index contributed by atoms with van der Waals surface area (Å²) in [5.74, 6) is 0.472. The molecule has 0 bridgehead atoms. The Kier molecular flexibility index (Phi) is 4.10. The highest BCUT2D eigenvalue weighted by atomic mass is 35.7. The Balaban J connectivity index is 2.15. The van der Waals surface area contributed by atoms with Gasteiger partial charge in [0.2, 0.25) is 0 Å². The average molecular weight is 356 g/mol. The van der Waals surface area contributed by atoms with Gasteiger partial charge >= 0.3 is 0 Å². The van der Waals surface area contributed by atoms with Gasteiger partial charge in [-0.15, -0.1) is 12.3 Å². The maximum absolute atomic E-state index is 12.8.